The molecule has 8 heteroatoms. The van der Waals surface area contributed by atoms with Crippen molar-refractivity contribution >= 4 is 17.3 Å². The second-order valence-corrected chi connectivity index (χ2v) is 4.96. The van der Waals surface area contributed by atoms with E-state index in [1.807, 2.05) is 13.8 Å². The van der Waals surface area contributed by atoms with Gasteiger partial charge in [-0.15, -0.1) is 0 Å². The average Bonchev–Trinajstić information content (AvgIpc) is 2.45. The molecule has 0 aliphatic rings. The number of rotatable bonds is 6. The third kappa shape index (κ3) is 3.87. The fourth-order valence-electron chi connectivity index (χ4n) is 1.85. The summed E-state index contributed by atoms with van der Waals surface area (Å²) in [7, 11) is 0. The van der Waals surface area contributed by atoms with Crippen LogP contribution < -0.4 is 10.6 Å². The van der Waals surface area contributed by atoms with Gasteiger partial charge in [0.25, 0.3) is 0 Å². The van der Waals surface area contributed by atoms with Crippen molar-refractivity contribution in [2.75, 3.05) is 10.6 Å². The lowest BCUT2D eigenvalue weighted by Crippen LogP contribution is -2.14. The summed E-state index contributed by atoms with van der Waals surface area (Å²) in [6.07, 6.45) is 1.25. The number of nitrogens with one attached hydrogen (secondary N) is 2. The maximum atomic E-state index is 12.9. The van der Waals surface area contributed by atoms with E-state index >= 15 is 0 Å². The summed E-state index contributed by atoms with van der Waals surface area (Å²) in [6, 6.07) is 5.86. The molecule has 0 bridgehead atoms. The van der Waals surface area contributed by atoms with Crippen molar-refractivity contribution in [3.63, 3.8) is 0 Å². The molecule has 0 radical (unpaired) electrons. The van der Waals surface area contributed by atoms with Crippen LogP contribution in [-0.4, -0.2) is 20.9 Å². The Morgan fingerprint density at radius 3 is 2.45 bits per heavy atom. The predicted octanol–water partition coefficient (Wildman–Crippen LogP) is 2.96. The first kappa shape index (κ1) is 15.6. The predicted molar refractivity (Wildman–Crippen MR) is 81.2 cm³/mol. The molecule has 7 nitrogen and oxygen atoms in total. The van der Waals surface area contributed by atoms with Crippen molar-refractivity contribution in [3.05, 3.63) is 52.1 Å². The third-order valence-corrected chi connectivity index (χ3v) is 2.80. The number of hydrogen-bond donors (Lipinski definition) is 2. The van der Waals surface area contributed by atoms with Gasteiger partial charge in [-0.3, -0.25) is 10.1 Å². The fraction of sp³-hybridized carbons (Fsp3) is 0.286. The summed E-state index contributed by atoms with van der Waals surface area (Å²) in [5.41, 5.74) is 0.575. The summed E-state index contributed by atoms with van der Waals surface area (Å²) in [5, 5.41) is 17.1. The molecule has 0 spiro atoms. The lowest BCUT2D eigenvalue weighted by Gasteiger charge is -2.11. The van der Waals surface area contributed by atoms with Gasteiger partial charge in [-0.2, -0.15) is 0 Å². The Morgan fingerprint density at radius 1 is 1.23 bits per heavy atom. The first-order valence-electron chi connectivity index (χ1n) is 6.71. The standard InChI is InChI=1S/C14H16FN5O2/c1-9(2)19-14-12(20(21)22)13(17-8-18-14)16-7-10-3-5-11(15)6-4-10/h3-6,8-9H,7H2,1-2H3,(H2,16,17,18,19). The van der Waals surface area contributed by atoms with E-state index in [-0.39, 0.29) is 29.2 Å². The second-order valence-electron chi connectivity index (χ2n) is 4.96. The van der Waals surface area contributed by atoms with E-state index in [4.69, 9.17) is 0 Å². The molecule has 0 aliphatic heterocycles. The van der Waals surface area contributed by atoms with Crippen LogP contribution in [0.1, 0.15) is 19.4 Å². The minimum atomic E-state index is -0.530. The number of hydrogen-bond acceptors (Lipinski definition) is 6. The summed E-state index contributed by atoms with van der Waals surface area (Å²) in [4.78, 5) is 18.6. The number of nitro groups is 1. The Kier molecular flexibility index (Phi) is 4.82. The molecule has 1 heterocycles. The number of anilines is 2. The minimum absolute atomic E-state index is 0.00134. The molecule has 0 saturated heterocycles. The van der Waals surface area contributed by atoms with Crippen molar-refractivity contribution in [2.24, 2.45) is 0 Å². The first-order chi connectivity index (χ1) is 10.5. The van der Waals surface area contributed by atoms with Gasteiger partial charge >= 0.3 is 5.69 Å². The van der Waals surface area contributed by atoms with E-state index in [0.29, 0.717) is 6.54 Å². The maximum Gasteiger partial charge on any atom is 0.353 e. The van der Waals surface area contributed by atoms with E-state index in [2.05, 4.69) is 20.6 Å². The van der Waals surface area contributed by atoms with Gasteiger partial charge in [0.2, 0.25) is 11.6 Å². The Hall–Kier alpha value is -2.77. The largest absolute Gasteiger partial charge is 0.362 e. The third-order valence-electron chi connectivity index (χ3n) is 2.80. The van der Waals surface area contributed by atoms with Crippen LogP contribution in [0.4, 0.5) is 21.7 Å². The van der Waals surface area contributed by atoms with Crippen LogP contribution in [0.15, 0.2) is 30.6 Å². The molecular formula is C14H16FN5O2. The van der Waals surface area contributed by atoms with Gasteiger partial charge in [0.1, 0.15) is 12.1 Å². The van der Waals surface area contributed by atoms with E-state index < -0.39 is 4.92 Å². The summed E-state index contributed by atoms with van der Waals surface area (Å²) < 4.78 is 12.9. The summed E-state index contributed by atoms with van der Waals surface area (Å²) >= 11 is 0. The van der Waals surface area contributed by atoms with Crippen LogP contribution in [0.25, 0.3) is 0 Å². The van der Waals surface area contributed by atoms with Crippen molar-refractivity contribution in [3.8, 4) is 0 Å². The van der Waals surface area contributed by atoms with E-state index in [1.165, 1.54) is 18.5 Å². The quantitative estimate of drug-likeness (QED) is 0.629. The Bertz CT molecular complexity index is 661. The van der Waals surface area contributed by atoms with Crippen LogP contribution >= 0.6 is 0 Å². The molecule has 1 aromatic heterocycles. The molecule has 1 aromatic carbocycles. The van der Waals surface area contributed by atoms with Gasteiger partial charge in [0.05, 0.1) is 4.92 Å². The first-order valence-corrected chi connectivity index (χ1v) is 6.71. The van der Waals surface area contributed by atoms with Crippen LogP contribution in [0.3, 0.4) is 0 Å². The molecule has 0 atom stereocenters. The SMILES string of the molecule is CC(C)Nc1ncnc(NCc2ccc(F)cc2)c1[N+](=O)[O-]. The van der Waals surface area contributed by atoms with Gasteiger partial charge in [-0.25, -0.2) is 14.4 Å². The van der Waals surface area contributed by atoms with Crippen LogP contribution in [0.5, 0.6) is 0 Å². The molecule has 22 heavy (non-hydrogen) atoms. The lowest BCUT2D eigenvalue weighted by atomic mass is 10.2. The maximum absolute atomic E-state index is 12.9. The number of benzene rings is 1. The van der Waals surface area contributed by atoms with Crippen molar-refractivity contribution < 1.29 is 9.31 Å². The zero-order valence-electron chi connectivity index (χ0n) is 12.2. The summed E-state index contributed by atoms with van der Waals surface area (Å²) in [6.45, 7) is 4.01. The highest BCUT2D eigenvalue weighted by atomic mass is 19.1. The van der Waals surface area contributed by atoms with Crippen LogP contribution in [0.2, 0.25) is 0 Å². The van der Waals surface area contributed by atoms with Crippen molar-refractivity contribution in [1.82, 2.24) is 9.97 Å². The minimum Gasteiger partial charge on any atom is -0.362 e. The van der Waals surface area contributed by atoms with E-state index in [0.717, 1.165) is 5.56 Å². The Balaban J connectivity index is 2.22. The number of nitrogens with zero attached hydrogens (tertiary/aromatic N) is 3. The zero-order chi connectivity index (χ0) is 16.1. The molecule has 0 amide bonds. The topological polar surface area (TPSA) is 93.0 Å². The van der Waals surface area contributed by atoms with Crippen molar-refractivity contribution in [2.45, 2.75) is 26.4 Å². The highest BCUT2D eigenvalue weighted by Gasteiger charge is 2.23. The molecule has 2 aromatic rings. The van der Waals surface area contributed by atoms with Gasteiger partial charge in [0.15, 0.2) is 0 Å². The molecule has 0 unspecified atom stereocenters. The molecule has 2 N–H and O–H groups in total. The molecule has 0 aliphatic carbocycles. The average molecular weight is 305 g/mol. The highest BCUT2D eigenvalue weighted by molar-refractivity contribution is 5.69. The molecular weight excluding hydrogens is 289 g/mol. The number of halogens is 1. The Labute approximate surface area is 126 Å². The molecule has 0 saturated carbocycles. The second kappa shape index (κ2) is 6.79. The van der Waals surface area contributed by atoms with Crippen LogP contribution in [-0.2, 0) is 6.54 Å². The van der Waals surface area contributed by atoms with Gasteiger partial charge < -0.3 is 10.6 Å². The monoisotopic (exact) mass is 305 g/mol. The van der Waals surface area contributed by atoms with E-state index in [1.54, 1.807) is 12.1 Å². The Morgan fingerprint density at radius 2 is 1.86 bits per heavy atom. The summed E-state index contributed by atoms with van der Waals surface area (Å²) in [5.74, 6) is -0.0516. The highest BCUT2D eigenvalue weighted by Crippen LogP contribution is 2.29. The van der Waals surface area contributed by atoms with Crippen LogP contribution in [0, 0.1) is 15.9 Å². The van der Waals surface area contributed by atoms with Gasteiger partial charge in [-0.05, 0) is 31.5 Å². The lowest BCUT2D eigenvalue weighted by molar-refractivity contribution is -0.383. The zero-order valence-corrected chi connectivity index (χ0v) is 12.2. The van der Waals surface area contributed by atoms with E-state index in [9.17, 15) is 14.5 Å². The smallest absolute Gasteiger partial charge is 0.353 e. The molecule has 116 valence electrons. The van der Waals surface area contributed by atoms with Gasteiger partial charge in [0, 0.05) is 12.6 Å². The normalized spacial score (nSPS) is 10.5. The number of aromatic nitrogens is 2. The fourth-order valence-corrected chi connectivity index (χ4v) is 1.85. The molecule has 2 rings (SSSR count). The van der Waals surface area contributed by atoms with Gasteiger partial charge in [-0.1, -0.05) is 12.1 Å². The molecule has 0 fully saturated rings. The van der Waals surface area contributed by atoms with Crippen molar-refractivity contribution in [1.29, 1.82) is 0 Å².